The van der Waals surface area contributed by atoms with E-state index in [4.69, 9.17) is 9.47 Å². The smallest absolute Gasteiger partial charge is 0.348 e. The highest BCUT2D eigenvalue weighted by Gasteiger charge is 2.56. The van der Waals surface area contributed by atoms with E-state index in [0.29, 0.717) is 28.7 Å². The molecule has 2 fully saturated rings. The first kappa shape index (κ1) is 20.4. The lowest BCUT2D eigenvalue weighted by Gasteiger charge is -2.41. The molecule has 3 atom stereocenters. The fourth-order valence-electron chi connectivity index (χ4n) is 5.47. The van der Waals surface area contributed by atoms with Gasteiger partial charge in [-0.1, -0.05) is 36.4 Å². The van der Waals surface area contributed by atoms with Gasteiger partial charge in [0, 0.05) is 24.0 Å². The lowest BCUT2D eigenvalue weighted by Crippen LogP contribution is -3.00. The van der Waals surface area contributed by atoms with Gasteiger partial charge in [0.25, 0.3) is 0 Å². The van der Waals surface area contributed by atoms with E-state index in [9.17, 15) is 9.90 Å². The molecule has 0 radical (unpaired) electrons. The Labute approximate surface area is 181 Å². The summed E-state index contributed by atoms with van der Waals surface area (Å²) in [5.41, 5.74) is -0.985. The number of rotatable bonds is 2. The third-order valence-electron chi connectivity index (χ3n) is 7.09. The summed E-state index contributed by atoms with van der Waals surface area (Å²) in [6.07, 6.45) is 4.09. The van der Waals surface area contributed by atoms with Crippen molar-refractivity contribution >= 4 is 5.97 Å². The number of esters is 1. The van der Waals surface area contributed by atoms with Crippen molar-refractivity contribution in [2.45, 2.75) is 49.5 Å². The molecule has 2 bridgehead atoms. The lowest BCUT2D eigenvalue weighted by molar-refractivity contribution is -0.931. The SMILES string of the molecule is C[N+]1(C)C2CCCC1[C@@H](OC(=O)C1(O)c3ccccc3Oc3ccccc31)C2.[Br-]. The van der Waals surface area contributed by atoms with Gasteiger partial charge in [-0.2, -0.15) is 0 Å². The van der Waals surface area contributed by atoms with Crippen LogP contribution in [-0.2, 0) is 15.1 Å². The van der Waals surface area contributed by atoms with Crippen molar-refractivity contribution in [1.82, 2.24) is 0 Å². The van der Waals surface area contributed by atoms with Crippen LogP contribution < -0.4 is 21.7 Å². The monoisotopic (exact) mass is 459 g/mol. The molecule has 3 aliphatic rings. The van der Waals surface area contributed by atoms with Crippen LogP contribution in [0.1, 0.15) is 36.8 Å². The Morgan fingerprint density at radius 2 is 1.66 bits per heavy atom. The van der Waals surface area contributed by atoms with Crippen LogP contribution in [-0.4, -0.2) is 47.8 Å². The average molecular weight is 460 g/mol. The molecule has 0 saturated carbocycles. The Kier molecular flexibility index (Phi) is 5.00. The van der Waals surface area contributed by atoms with E-state index >= 15 is 0 Å². The zero-order valence-corrected chi connectivity index (χ0v) is 18.3. The number of carbonyl (C=O) groups is 1. The van der Waals surface area contributed by atoms with Gasteiger partial charge in [0.15, 0.2) is 6.10 Å². The molecule has 2 aromatic rings. The lowest BCUT2D eigenvalue weighted by atomic mass is 9.83. The average Bonchev–Trinajstić information content (AvgIpc) is 2.83. The van der Waals surface area contributed by atoms with Crippen LogP contribution in [0.5, 0.6) is 11.5 Å². The predicted molar refractivity (Wildman–Crippen MR) is 104 cm³/mol. The Bertz CT molecular complexity index is 898. The summed E-state index contributed by atoms with van der Waals surface area (Å²) in [6, 6.07) is 15.1. The van der Waals surface area contributed by atoms with Crippen LogP contribution in [0.15, 0.2) is 48.5 Å². The molecule has 3 heterocycles. The number of halogens is 1. The Morgan fingerprint density at radius 1 is 1.07 bits per heavy atom. The fourth-order valence-corrected chi connectivity index (χ4v) is 5.47. The van der Waals surface area contributed by atoms with Crippen molar-refractivity contribution < 1.29 is 40.8 Å². The third-order valence-corrected chi connectivity index (χ3v) is 7.09. The molecule has 5 nitrogen and oxygen atoms in total. The van der Waals surface area contributed by atoms with Crippen molar-refractivity contribution in [2.75, 3.05) is 14.1 Å². The number of hydrogen-bond donors (Lipinski definition) is 1. The van der Waals surface area contributed by atoms with Gasteiger partial charge < -0.3 is 36.0 Å². The van der Waals surface area contributed by atoms with E-state index in [1.165, 1.54) is 12.8 Å². The number of carbonyl (C=O) groups excluding carboxylic acids is 1. The normalized spacial score (nSPS) is 27.6. The maximum atomic E-state index is 13.5. The number of quaternary nitrogens is 1. The summed E-state index contributed by atoms with van der Waals surface area (Å²) >= 11 is 0. The van der Waals surface area contributed by atoms with Crippen molar-refractivity contribution in [3.8, 4) is 11.5 Å². The number of benzene rings is 2. The summed E-state index contributed by atoms with van der Waals surface area (Å²) in [5.74, 6) is 0.372. The van der Waals surface area contributed by atoms with Crippen LogP contribution in [0.3, 0.4) is 0 Å². The molecule has 1 N–H and O–H groups in total. The second-order valence-corrected chi connectivity index (χ2v) is 8.77. The van der Waals surface area contributed by atoms with Crippen LogP contribution in [0, 0.1) is 0 Å². The predicted octanol–water partition coefficient (Wildman–Crippen LogP) is 0.345. The highest BCUT2D eigenvalue weighted by molar-refractivity contribution is 5.88. The maximum absolute atomic E-state index is 13.5. The van der Waals surface area contributed by atoms with Gasteiger partial charge in [0.05, 0.1) is 20.1 Å². The number of likely N-dealkylation sites (N-methyl/N-ethyl adjacent to an activating group) is 1. The molecule has 0 spiro atoms. The first-order valence-corrected chi connectivity index (χ1v) is 10.1. The summed E-state index contributed by atoms with van der Waals surface area (Å²) in [6.45, 7) is 0. The number of hydrogen-bond acceptors (Lipinski definition) is 4. The van der Waals surface area contributed by atoms with Gasteiger partial charge in [-0.25, -0.2) is 4.79 Å². The standard InChI is InChI=1S/C23H26NO4.BrH/c1-24(2)15-8-7-11-18(24)21(14-15)28-22(25)23(26)16-9-3-5-12-19(16)27-20-13-6-4-10-17(20)23;/h3-6,9-10,12-13,15,18,21,26H,7-8,11,14H2,1-2H3;1H/q+1;/p-1/t15?,18?,21-;/m0./s1. The minimum absolute atomic E-state index is 0. The minimum Gasteiger partial charge on any atom is -1.00 e. The number of fused-ring (bicyclic) bond motifs is 4. The van der Waals surface area contributed by atoms with E-state index in [1.807, 2.05) is 12.1 Å². The van der Waals surface area contributed by atoms with Crippen molar-refractivity contribution in [3.63, 3.8) is 0 Å². The van der Waals surface area contributed by atoms with Crippen LogP contribution in [0.25, 0.3) is 0 Å². The van der Waals surface area contributed by atoms with Gasteiger partial charge in [0.2, 0.25) is 5.60 Å². The summed E-state index contributed by atoms with van der Waals surface area (Å²) < 4.78 is 12.9. The molecule has 2 aromatic carbocycles. The first-order chi connectivity index (χ1) is 13.4. The second kappa shape index (κ2) is 7.11. The molecule has 29 heavy (non-hydrogen) atoms. The van der Waals surface area contributed by atoms with Crippen LogP contribution in [0.2, 0.25) is 0 Å². The number of para-hydroxylation sites is 2. The number of ether oxygens (including phenoxy) is 2. The topological polar surface area (TPSA) is 55.8 Å². The molecule has 0 amide bonds. The van der Waals surface area contributed by atoms with Crippen molar-refractivity contribution in [3.05, 3.63) is 59.7 Å². The van der Waals surface area contributed by atoms with Gasteiger partial charge >= 0.3 is 5.97 Å². The molecular weight excluding hydrogens is 434 g/mol. The second-order valence-electron chi connectivity index (χ2n) is 8.77. The molecule has 0 aromatic heterocycles. The number of nitrogens with zero attached hydrogens (tertiary/aromatic N) is 1. The Morgan fingerprint density at radius 3 is 2.24 bits per heavy atom. The minimum atomic E-state index is -1.86. The van der Waals surface area contributed by atoms with E-state index < -0.39 is 11.6 Å². The summed E-state index contributed by atoms with van der Waals surface area (Å²) in [4.78, 5) is 13.5. The molecule has 2 saturated heterocycles. The van der Waals surface area contributed by atoms with Gasteiger partial charge in [0.1, 0.15) is 17.5 Å². The van der Waals surface area contributed by atoms with Crippen molar-refractivity contribution in [1.29, 1.82) is 0 Å². The molecule has 2 unspecified atom stereocenters. The van der Waals surface area contributed by atoms with E-state index in [-0.39, 0.29) is 29.1 Å². The third kappa shape index (κ3) is 2.92. The molecule has 5 rings (SSSR count). The highest BCUT2D eigenvalue weighted by atomic mass is 79.9. The quantitative estimate of drug-likeness (QED) is 0.519. The first-order valence-electron chi connectivity index (χ1n) is 10.1. The van der Waals surface area contributed by atoms with Gasteiger partial charge in [-0.15, -0.1) is 0 Å². The zero-order valence-electron chi connectivity index (χ0n) is 16.7. The van der Waals surface area contributed by atoms with E-state index in [2.05, 4.69) is 14.1 Å². The number of piperidine rings is 1. The highest BCUT2D eigenvalue weighted by Crippen LogP contribution is 2.48. The molecular formula is C23H26BrNO4. The molecule has 3 aliphatic heterocycles. The van der Waals surface area contributed by atoms with Gasteiger partial charge in [-0.3, -0.25) is 0 Å². The van der Waals surface area contributed by atoms with Gasteiger partial charge in [-0.05, 0) is 25.0 Å². The maximum Gasteiger partial charge on any atom is 0.348 e. The Balaban J connectivity index is 0.00000205. The molecule has 6 heteroatoms. The summed E-state index contributed by atoms with van der Waals surface area (Å²) in [5, 5.41) is 11.7. The largest absolute Gasteiger partial charge is 1.00 e. The van der Waals surface area contributed by atoms with Crippen molar-refractivity contribution in [2.24, 2.45) is 0 Å². The Hall–Kier alpha value is -1.89. The van der Waals surface area contributed by atoms with Crippen LogP contribution in [0.4, 0.5) is 0 Å². The molecule has 154 valence electrons. The van der Waals surface area contributed by atoms with Crippen LogP contribution >= 0.6 is 0 Å². The number of aliphatic hydroxyl groups is 1. The summed E-state index contributed by atoms with van der Waals surface area (Å²) in [7, 11) is 4.46. The van der Waals surface area contributed by atoms with E-state index in [1.54, 1.807) is 36.4 Å². The zero-order chi connectivity index (χ0) is 19.5. The van der Waals surface area contributed by atoms with E-state index in [0.717, 1.165) is 17.3 Å². The fraction of sp³-hybridized carbons (Fsp3) is 0.435. The molecule has 0 aliphatic carbocycles.